The maximum Gasteiger partial charge on any atom is 0.231 e. The Morgan fingerprint density at radius 3 is 2.76 bits per heavy atom. The van der Waals surface area contributed by atoms with Gasteiger partial charge in [-0.05, 0) is 23.1 Å². The number of carbonyl (C=O) groups excluding carboxylic acids is 1. The second kappa shape index (κ2) is 5.28. The Labute approximate surface area is 145 Å². The van der Waals surface area contributed by atoms with E-state index in [9.17, 15) is 10.1 Å². The van der Waals surface area contributed by atoms with Gasteiger partial charge < -0.3 is 19.9 Å². The highest BCUT2D eigenvalue weighted by Crippen LogP contribution is 2.49. The number of allylic oxidation sites excluding steroid dienone is 3. The molecule has 0 amide bonds. The predicted octanol–water partition coefficient (Wildman–Crippen LogP) is 2.87. The van der Waals surface area contributed by atoms with Crippen LogP contribution in [0.3, 0.4) is 0 Å². The summed E-state index contributed by atoms with van der Waals surface area (Å²) >= 11 is 0. The molecule has 4 rings (SSSR count). The summed E-state index contributed by atoms with van der Waals surface area (Å²) in [5.74, 6) is 1.35. The van der Waals surface area contributed by atoms with E-state index in [0.29, 0.717) is 35.7 Å². The zero-order chi connectivity index (χ0) is 17.8. The van der Waals surface area contributed by atoms with Gasteiger partial charge in [-0.3, -0.25) is 4.79 Å². The van der Waals surface area contributed by atoms with Gasteiger partial charge in [0.1, 0.15) is 17.4 Å². The van der Waals surface area contributed by atoms with Crippen LogP contribution in [0.25, 0.3) is 0 Å². The van der Waals surface area contributed by atoms with Gasteiger partial charge >= 0.3 is 0 Å². The maximum atomic E-state index is 12.9. The number of nitrogens with two attached hydrogens (primary N) is 1. The molecule has 2 aliphatic heterocycles. The lowest BCUT2D eigenvalue weighted by atomic mass is 9.70. The van der Waals surface area contributed by atoms with Gasteiger partial charge in [-0.25, -0.2) is 0 Å². The first kappa shape index (κ1) is 15.6. The highest BCUT2D eigenvalue weighted by molar-refractivity contribution is 6.00. The molecule has 6 nitrogen and oxygen atoms in total. The molecule has 25 heavy (non-hydrogen) atoms. The molecular weight excluding hydrogens is 320 g/mol. The van der Waals surface area contributed by atoms with Crippen LogP contribution in [0.2, 0.25) is 0 Å². The van der Waals surface area contributed by atoms with Gasteiger partial charge in [0.25, 0.3) is 0 Å². The molecule has 1 atom stereocenters. The average Bonchev–Trinajstić information content (AvgIpc) is 2.99. The van der Waals surface area contributed by atoms with Crippen molar-refractivity contribution in [3.05, 3.63) is 46.6 Å². The Morgan fingerprint density at radius 1 is 1.24 bits per heavy atom. The van der Waals surface area contributed by atoms with Gasteiger partial charge in [-0.1, -0.05) is 19.9 Å². The van der Waals surface area contributed by atoms with Gasteiger partial charge in [0.05, 0.1) is 5.92 Å². The molecule has 1 aliphatic carbocycles. The van der Waals surface area contributed by atoms with Crippen molar-refractivity contribution in [2.75, 3.05) is 6.79 Å². The number of carbonyl (C=O) groups is 1. The molecule has 1 aromatic rings. The van der Waals surface area contributed by atoms with E-state index < -0.39 is 5.92 Å². The zero-order valence-electron chi connectivity index (χ0n) is 14.1. The molecule has 0 saturated carbocycles. The van der Waals surface area contributed by atoms with Crippen LogP contribution in [0.5, 0.6) is 11.5 Å². The van der Waals surface area contributed by atoms with Gasteiger partial charge in [0.2, 0.25) is 12.7 Å². The third kappa shape index (κ3) is 2.43. The molecule has 0 saturated heterocycles. The van der Waals surface area contributed by atoms with Crippen molar-refractivity contribution in [2.24, 2.45) is 11.1 Å². The van der Waals surface area contributed by atoms with E-state index in [1.165, 1.54) is 0 Å². The van der Waals surface area contributed by atoms with Crippen molar-refractivity contribution in [2.45, 2.75) is 32.6 Å². The lowest BCUT2D eigenvalue weighted by molar-refractivity contribution is -0.119. The number of hydrogen-bond donors (Lipinski definition) is 1. The number of hydrogen-bond acceptors (Lipinski definition) is 6. The van der Waals surface area contributed by atoms with E-state index >= 15 is 0 Å². The third-order valence-electron chi connectivity index (χ3n) is 4.81. The first-order chi connectivity index (χ1) is 11.9. The maximum absolute atomic E-state index is 12.9. The van der Waals surface area contributed by atoms with Crippen molar-refractivity contribution >= 4 is 5.78 Å². The van der Waals surface area contributed by atoms with E-state index in [1.807, 2.05) is 19.9 Å². The van der Waals surface area contributed by atoms with Gasteiger partial charge in [0.15, 0.2) is 17.3 Å². The van der Waals surface area contributed by atoms with Crippen LogP contribution in [-0.2, 0) is 9.53 Å². The van der Waals surface area contributed by atoms with Crippen LogP contribution in [-0.4, -0.2) is 12.6 Å². The second-order valence-corrected chi connectivity index (χ2v) is 7.32. The highest BCUT2D eigenvalue weighted by atomic mass is 16.7. The number of ketones is 1. The van der Waals surface area contributed by atoms with E-state index in [2.05, 4.69) is 6.07 Å². The molecule has 3 aliphatic rings. The van der Waals surface area contributed by atoms with Crippen LogP contribution < -0.4 is 15.2 Å². The Hall–Kier alpha value is -2.94. The predicted molar refractivity (Wildman–Crippen MR) is 88.3 cm³/mol. The van der Waals surface area contributed by atoms with Crippen LogP contribution in [0.15, 0.2) is 41.0 Å². The Balaban J connectivity index is 1.87. The first-order valence-corrected chi connectivity index (χ1v) is 8.13. The Kier molecular flexibility index (Phi) is 3.29. The van der Waals surface area contributed by atoms with Crippen molar-refractivity contribution in [1.82, 2.24) is 0 Å². The monoisotopic (exact) mass is 338 g/mol. The van der Waals surface area contributed by atoms with Crippen LogP contribution in [0.1, 0.15) is 38.2 Å². The minimum atomic E-state index is -0.535. The summed E-state index contributed by atoms with van der Waals surface area (Å²) in [5.41, 5.74) is 7.37. The van der Waals surface area contributed by atoms with Crippen LogP contribution >= 0.6 is 0 Å². The van der Waals surface area contributed by atoms with Crippen molar-refractivity contribution in [1.29, 1.82) is 5.26 Å². The van der Waals surface area contributed by atoms with E-state index in [4.69, 9.17) is 19.9 Å². The number of nitrogens with zero attached hydrogens (tertiary/aromatic N) is 1. The smallest absolute Gasteiger partial charge is 0.231 e. The Morgan fingerprint density at radius 2 is 2.00 bits per heavy atom. The summed E-state index contributed by atoms with van der Waals surface area (Å²) in [6.45, 7) is 4.21. The summed E-state index contributed by atoms with van der Waals surface area (Å²) in [4.78, 5) is 12.9. The number of fused-ring (bicyclic) bond motifs is 1. The molecule has 0 unspecified atom stereocenters. The largest absolute Gasteiger partial charge is 0.454 e. The van der Waals surface area contributed by atoms with Gasteiger partial charge in [-0.2, -0.15) is 5.26 Å². The highest BCUT2D eigenvalue weighted by Gasteiger charge is 2.43. The number of rotatable bonds is 1. The molecule has 0 aromatic heterocycles. The lowest BCUT2D eigenvalue weighted by Crippen LogP contribution is -2.33. The summed E-state index contributed by atoms with van der Waals surface area (Å²) in [5, 5.41) is 9.61. The van der Waals surface area contributed by atoms with E-state index in [0.717, 1.165) is 5.56 Å². The normalized spacial score (nSPS) is 23.9. The second-order valence-electron chi connectivity index (χ2n) is 7.32. The molecule has 6 heteroatoms. The van der Waals surface area contributed by atoms with Crippen molar-refractivity contribution < 1.29 is 19.0 Å². The molecule has 2 heterocycles. The molecule has 1 aromatic carbocycles. The molecular formula is C19H18N2O4. The fourth-order valence-corrected chi connectivity index (χ4v) is 3.71. The van der Waals surface area contributed by atoms with E-state index in [-0.39, 0.29) is 29.4 Å². The molecule has 2 N–H and O–H groups in total. The fourth-order valence-electron chi connectivity index (χ4n) is 3.71. The number of benzene rings is 1. The minimum absolute atomic E-state index is 0.00540. The summed E-state index contributed by atoms with van der Waals surface area (Å²) in [6.07, 6.45) is 1.02. The third-order valence-corrected chi connectivity index (χ3v) is 4.81. The number of nitriles is 1. The Bertz CT molecular complexity index is 889. The summed E-state index contributed by atoms with van der Waals surface area (Å²) in [7, 11) is 0. The van der Waals surface area contributed by atoms with Gasteiger partial charge in [0, 0.05) is 18.4 Å². The number of ether oxygens (including phenoxy) is 3. The molecule has 0 bridgehead atoms. The summed E-state index contributed by atoms with van der Waals surface area (Å²) in [6, 6.07) is 7.55. The molecule has 0 radical (unpaired) electrons. The SMILES string of the molecule is CC1(C)CC(=O)C2=C(C1)OC(N)=C(C#N)[C@H]2c1ccc2c(c1)OCO2. The van der Waals surface area contributed by atoms with Gasteiger partial charge in [-0.15, -0.1) is 0 Å². The van der Waals surface area contributed by atoms with Crippen LogP contribution in [0, 0.1) is 16.7 Å². The first-order valence-electron chi connectivity index (χ1n) is 8.13. The molecule has 0 spiro atoms. The molecule has 128 valence electrons. The molecule has 0 fully saturated rings. The zero-order valence-corrected chi connectivity index (χ0v) is 14.1. The standard InChI is InChI=1S/C19H18N2O4/c1-19(2)6-12(22)17-15(7-19)25-18(21)11(8-20)16(17)10-3-4-13-14(5-10)24-9-23-13/h3-5,16H,6-7,9,21H2,1-2H3/t16-/m1/s1. The topological polar surface area (TPSA) is 94.6 Å². The number of Topliss-reactive ketones (excluding diaryl/α,β-unsaturated/α-hetero) is 1. The van der Waals surface area contributed by atoms with E-state index in [1.54, 1.807) is 12.1 Å². The minimum Gasteiger partial charge on any atom is -0.454 e. The lowest BCUT2D eigenvalue weighted by Gasteiger charge is -2.37. The average molecular weight is 338 g/mol. The van der Waals surface area contributed by atoms with Crippen molar-refractivity contribution in [3.8, 4) is 17.6 Å². The van der Waals surface area contributed by atoms with Crippen molar-refractivity contribution in [3.63, 3.8) is 0 Å². The summed E-state index contributed by atoms with van der Waals surface area (Å²) < 4.78 is 16.5. The van der Waals surface area contributed by atoms with Crippen LogP contribution in [0.4, 0.5) is 0 Å². The fraction of sp³-hybridized carbons (Fsp3) is 0.368. The quantitative estimate of drug-likeness (QED) is 0.846.